The summed E-state index contributed by atoms with van der Waals surface area (Å²) in [6.07, 6.45) is -4.09. The van der Waals surface area contributed by atoms with Crippen molar-refractivity contribution in [2.75, 3.05) is 6.61 Å². The second kappa shape index (κ2) is 7.83. The van der Waals surface area contributed by atoms with Crippen molar-refractivity contribution < 1.29 is 34.7 Å². The number of rotatable bonds is 5. The molecule has 0 saturated carbocycles. The highest BCUT2D eigenvalue weighted by Crippen LogP contribution is 2.48. The lowest BCUT2D eigenvalue weighted by molar-refractivity contribution is -0.387. The Kier molecular flexibility index (Phi) is 5.64. The Hall–Kier alpha value is -2.55. The summed E-state index contributed by atoms with van der Waals surface area (Å²) < 4.78 is 11.1. The molecule has 1 aliphatic heterocycles. The summed E-state index contributed by atoms with van der Waals surface area (Å²) >= 11 is 0. The molecule has 5 atom stereocenters. The first kappa shape index (κ1) is 20.2. The lowest BCUT2D eigenvalue weighted by Crippen LogP contribution is -2.69. The molecule has 2 aromatic carbocycles. The SMILES string of the molecule is C=CC(=O)OC1(c2ccccc2)O[C@@H](CO)[C@@H](O)[C@](O)(c2ccccc2)[C@@H]1O. The fourth-order valence-electron chi connectivity index (χ4n) is 3.49. The molecule has 0 aromatic heterocycles. The average Bonchev–Trinajstić information content (AvgIpc) is 2.75. The van der Waals surface area contributed by atoms with Gasteiger partial charge in [0.25, 0.3) is 5.79 Å². The van der Waals surface area contributed by atoms with Crippen LogP contribution in [0.3, 0.4) is 0 Å². The van der Waals surface area contributed by atoms with Gasteiger partial charge in [0.1, 0.15) is 12.2 Å². The Bertz CT molecular complexity index is 825. The van der Waals surface area contributed by atoms with Gasteiger partial charge >= 0.3 is 5.97 Å². The topological polar surface area (TPSA) is 116 Å². The monoisotopic (exact) mass is 386 g/mol. The van der Waals surface area contributed by atoms with Gasteiger partial charge in [-0.2, -0.15) is 0 Å². The predicted molar refractivity (Wildman–Crippen MR) is 98.7 cm³/mol. The van der Waals surface area contributed by atoms with Gasteiger partial charge in [-0.1, -0.05) is 67.2 Å². The molecule has 2 aromatic rings. The number of hydrogen-bond donors (Lipinski definition) is 4. The Balaban J connectivity index is 2.23. The van der Waals surface area contributed by atoms with Crippen molar-refractivity contribution in [1.29, 1.82) is 0 Å². The van der Waals surface area contributed by atoms with Crippen LogP contribution in [0.25, 0.3) is 0 Å². The van der Waals surface area contributed by atoms with Gasteiger partial charge in [0, 0.05) is 11.6 Å². The second-order valence-corrected chi connectivity index (χ2v) is 6.54. The van der Waals surface area contributed by atoms with E-state index in [1.165, 1.54) is 24.3 Å². The maximum absolute atomic E-state index is 12.1. The zero-order valence-corrected chi connectivity index (χ0v) is 15.0. The molecule has 7 heteroatoms. The molecule has 0 spiro atoms. The number of hydrogen-bond acceptors (Lipinski definition) is 7. The van der Waals surface area contributed by atoms with Crippen molar-refractivity contribution in [3.63, 3.8) is 0 Å². The van der Waals surface area contributed by atoms with Gasteiger partial charge in [-0.25, -0.2) is 4.79 Å². The molecule has 3 rings (SSSR count). The molecule has 1 heterocycles. The quantitative estimate of drug-likeness (QED) is 0.438. The molecule has 1 fully saturated rings. The first-order chi connectivity index (χ1) is 13.4. The van der Waals surface area contributed by atoms with Crippen LogP contribution in [0.2, 0.25) is 0 Å². The highest BCUT2D eigenvalue weighted by Gasteiger charge is 2.65. The van der Waals surface area contributed by atoms with E-state index >= 15 is 0 Å². The van der Waals surface area contributed by atoms with Crippen molar-refractivity contribution in [1.82, 2.24) is 0 Å². The Morgan fingerprint density at radius 1 is 1.07 bits per heavy atom. The maximum atomic E-state index is 12.1. The average molecular weight is 386 g/mol. The van der Waals surface area contributed by atoms with E-state index in [-0.39, 0.29) is 11.1 Å². The number of carbonyl (C=O) groups is 1. The minimum absolute atomic E-state index is 0.173. The molecule has 0 radical (unpaired) electrons. The summed E-state index contributed by atoms with van der Waals surface area (Å²) in [4.78, 5) is 12.1. The normalized spacial score (nSPS) is 32.5. The Labute approximate surface area is 162 Å². The van der Waals surface area contributed by atoms with Crippen LogP contribution in [-0.2, 0) is 25.7 Å². The minimum atomic E-state index is -2.30. The van der Waals surface area contributed by atoms with Crippen molar-refractivity contribution >= 4 is 5.97 Å². The zero-order chi connectivity index (χ0) is 20.4. The van der Waals surface area contributed by atoms with Gasteiger partial charge < -0.3 is 29.9 Å². The number of benzene rings is 2. The number of ether oxygens (including phenoxy) is 2. The van der Waals surface area contributed by atoms with Crippen LogP contribution in [0.4, 0.5) is 0 Å². The largest absolute Gasteiger partial charge is 0.422 e. The highest BCUT2D eigenvalue weighted by atomic mass is 16.7. The van der Waals surface area contributed by atoms with Crippen LogP contribution < -0.4 is 0 Å². The molecule has 4 N–H and O–H groups in total. The lowest BCUT2D eigenvalue weighted by atomic mass is 9.73. The summed E-state index contributed by atoms with van der Waals surface area (Å²) in [7, 11) is 0. The van der Waals surface area contributed by atoms with Gasteiger partial charge in [-0.05, 0) is 5.56 Å². The van der Waals surface area contributed by atoms with E-state index in [4.69, 9.17) is 9.47 Å². The van der Waals surface area contributed by atoms with Crippen molar-refractivity contribution in [2.45, 2.75) is 29.7 Å². The number of aliphatic hydroxyl groups is 4. The van der Waals surface area contributed by atoms with Crippen LogP contribution in [-0.4, -0.2) is 51.3 Å². The van der Waals surface area contributed by atoms with E-state index < -0.39 is 42.3 Å². The molecule has 0 bridgehead atoms. The smallest absolute Gasteiger partial charge is 0.333 e. The summed E-state index contributed by atoms with van der Waals surface area (Å²) in [5, 5.41) is 43.2. The highest BCUT2D eigenvalue weighted by molar-refractivity contribution is 5.81. The van der Waals surface area contributed by atoms with E-state index in [1.54, 1.807) is 36.4 Å². The van der Waals surface area contributed by atoms with E-state index in [0.29, 0.717) is 0 Å². The van der Waals surface area contributed by atoms with Gasteiger partial charge in [0.15, 0.2) is 11.7 Å². The first-order valence-electron chi connectivity index (χ1n) is 8.73. The van der Waals surface area contributed by atoms with E-state index in [1.807, 2.05) is 0 Å². The molecule has 1 aliphatic rings. The van der Waals surface area contributed by atoms with Gasteiger partial charge in [0.2, 0.25) is 0 Å². The Morgan fingerprint density at radius 2 is 1.61 bits per heavy atom. The fraction of sp³-hybridized carbons (Fsp3) is 0.286. The molecule has 1 unspecified atom stereocenters. The van der Waals surface area contributed by atoms with E-state index in [2.05, 4.69) is 6.58 Å². The summed E-state index contributed by atoms with van der Waals surface area (Å²) in [6.45, 7) is 2.66. The zero-order valence-electron chi connectivity index (χ0n) is 15.0. The molecule has 28 heavy (non-hydrogen) atoms. The molecular weight excluding hydrogens is 364 g/mol. The standard InChI is InChI=1S/C21H22O7/c1-2-17(23)28-21(15-11-7-4-8-12-15)19(25)20(26,14-9-5-3-6-10-14)18(24)16(13-22)27-21/h2-12,16,18-19,22,24-26H,1,13H2/t16-,18+,19-,20+,21?/m0/s1. The Morgan fingerprint density at radius 3 is 2.11 bits per heavy atom. The molecule has 7 nitrogen and oxygen atoms in total. The van der Waals surface area contributed by atoms with Gasteiger partial charge in [-0.15, -0.1) is 0 Å². The number of esters is 1. The lowest BCUT2D eigenvalue weighted by Gasteiger charge is -2.53. The third kappa shape index (κ3) is 3.13. The van der Waals surface area contributed by atoms with Crippen molar-refractivity contribution in [2.24, 2.45) is 0 Å². The van der Waals surface area contributed by atoms with Gasteiger partial charge in [0.05, 0.1) is 6.61 Å². The first-order valence-corrected chi connectivity index (χ1v) is 8.73. The predicted octanol–water partition coefficient (Wildman–Crippen LogP) is 0.569. The summed E-state index contributed by atoms with van der Waals surface area (Å²) in [5.41, 5.74) is -1.91. The second-order valence-electron chi connectivity index (χ2n) is 6.54. The third-order valence-electron chi connectivity index (χ3n) is 4.92. The molecular formula is C21H22O7. The van der Waals surface area contributed by atoms with Crippen LogP contribution in [0, 0.1) is 0 Å². The van der Waals surface area contributed by atoms with Crippen LogP contribution in [0.1, 0.15) is 11.1 Å². The van der Waals surface area contributed by atoms with Crippen LogP contribution >= 0.6 is 0 Å². The minimum Gasteiger partial charge on any atom is -0.422 e. The fourth-order valence-corrected chi connectivity index (χ4v) is 3.49. The van der Waals surface area contributed by atoms with Crippen molar-refractivity contribution in [3.05, 3.63) is 84.4 Å². The molecule has 1 saturated heterocycles. The number of aliphatic hydroxyl groups excluding tert-OH is 3. The summed E-state index contributed by atoms with van der Waals surface area (Å²) in [6, 6.07) is 16.0. The number of carbonyl (C=O) groups excluding carboxylic acids is 1. The van der Waals surface area contributed by atoms with Crippen LogP contribution in [0.5, 0.6) is 0 Å². The van der Waals surface area contributed by atoms with Gasteiger partial charge in [-0.3, -0.25) is 0 Å². The van der Waals surface area contributed by atoms with Crippen molar-refractivity contribution in [3.8, 4) is 0 Å². The summed E-state index contributed by atoms with van der Waals surface area (Å²) in [5.74, 6) is -3.10. The van der Waals surface area contributed by atoms with Crippen LogP contribution in [0.15, 0.2) is 73.3 Å². The molecule has 148 valence electrons. The maximum Gasteiger partial charge on any atom is 0.333 e. The molecule has 0 amide bonds. The third-order valence-corrected chi connectivity index (χ3v) is 4.92. The molecule has 0 aliphatic carbocycles. The van der Waals surface area contributed by atoms with E-state index in [9.17, 15) is 25.2 Å². The van der Waals surface area contributed by atoms with E-state index in [0.717, 1.165) is 6.08 Å².